The van der Waals surface area contributed by atoms with Gasteiger partial charge in [0.15, 0.2) is 17.5 Å². The molecule has 3 heterocycles. The molecule has 0 spiro atoms. The highest BCUT2D eigenvalue weighted by molar-refractivity contribution is 6.30. The highest BCUT2D eigenvalue weighted by Crippen LogP contribution is 2.44. The van der Waals surface area contributed by atoms with Crippen LogP contribution in [0.15, 0.2) is 188 Å². The van der Waals surface area contributed by atoms with E-state index in [4.69, 9.17) is 15.0 Å². The molecule has 11 rings (SSSR count). The predicted molar refractivity (Wildman–Crippen MR) is 221 cm³/mol. The number of nitrogens with zero attached hydrogens (tertiary/aromatic N) is 5. The Morgan fingerprint density at radius 2 is 0.926 bits per heavy atom. The van der Waals surface area contributed by atoms with Gasteiger partial charge in [-0.2, -0.15) is 0 Å². The summed E-state index contributed by atoms with van der Waals surface area (Å²) in [5.41, 5.74) is 10.7. The summed E-state index contributed by atoms with van der Waals surface area (Å²) in [7, 11) is 0. The molecule has 0 bridgehead atoms. The van der Waals surface area contributed by atoms with E-state index < -0.39 is 0 Å². The van der Waals surface area contributed by atoms with Crippen molar-refractivity contribution in [2.45, 2.75) is 0 Å². The van der Waals surface area contributed by atoms with Gasteiger partial charge in [-0.1, -0.05) is 133 Å². The maximum absolute atomic E-state index is 5.16. The van der Waals surface area contributed by atoms with Crippen LogP contribution in [0.25, 0.3) is 100 Å². The summed E-state index contributed by atoms with van der Waals surface area (Å²) in [5, 5.41) is 6.17. The summed E-state index contributed by atoms with van der Waals surface area (Å²) in [6.07, 6.45) is 2.20. The fourth-order valence-electron chi connectivity index (χ4n) is 8.05. The second-order valence-corrected chi connectivity index (χ2v) is 13.7. The van der Waals surface area contributed by atoms with Gasteiger partial charge >= 0.3 is 0 Å². The molecular weight excluding hydrogens is 659 g/mol. The molecule has 0 radical (unpaired) electrons. The number of rotatable bonds is 6. The van der Waals surface area contributed by atoms with Crippen LogP contribution in [0.5, 0.6) is 0 Å². The number of hydrogen-bond acceptors (Lipinski definition) is 3. The molecule has 3 aromatic heterocycles. The van der Waals surface area contributed by atoms with E-state index in [1.165, 1.54) is 32.4 Å². The molecule has 0 aliphatic heterocycles. The van der Waals surface area contributed by atoms with Gasteiger partial charge in [0.2, 0.25) is 0 Å². The minimum Gasteiger partial charge on any atom is -0.316 e. The van der Waals surface area contributed by atoms with E-state index in [1.807, 2.05) is 36.4 Å². The van der Waals surface area contributed by atoms with E-state index in [0.717, 1.165) is 50.2 Å². The number of hydrogen-bond donors (Lipinski definition) is 0. The monoisotopic (exact) mass is 689 g/mol. The van der Waals surface area contributed by atoms with Gasteiger partial charge in [-0.25, -0.2) is 15.0 Å². The predicted octanol–water partition coefficient (Wildman–Crippen LogP) is 12.2. The van der Waals surface area contributed by atoms with Crippen molar-refractivity contribution in [3.05, 3.63) is 188 Å². The highest BCUT2D eigenvalue weighted by Gasteiger charge is 2.22. The minimum atomic E-state index is 0.621. The SMILES string of the molecule is c1ccc(-c2cc(-c3nc(-c4ccccc4)nc(-c4ccccc4)n3)cc(-n3c4cccc5ccc6cc7c(ccn7-c7ccccc7)c3c6c54)c2)cc1. The summed E-state index contributed by atoms with van der Waals surface area (Å²) < 4.78 is 4.75. The smallest absolute Gasteiger partial charge is 0.164 e. The lowest BCUT2D eigenvalue weighted by molar-refractivity contribution is 1.07. The van der Waals surface area contributed by atoms with Crippen LogP contribution in [-0.4, -0.2) is 24.1 Å². The van der Waals surface area contributed by atoms with Gasteiger partial charge in [0.1, 0.15) is 0 Å². The van der Waals surface area contributed by atoms with Crippen molar-refractivity contribution in [3.8, 4) is 56.7 Å². The lowest BCUT2D eigenvalue weighted by atomic mass is 10.0. The van der Waals surface area contributed by atoms with E-state index in [9.17, 15) is 0 Å². The Bertz CT molecular complexity index is 3070. The maximum Gasteiger partial charge on any atom is 0.164 e. The first-order valence-electron chi connectivity index (χ1n) is 18.2. The van der Waals surface area contributed by atoms with Crippen LogP contribution in [-0.2, 0) is 0 Å². The number of benzene rings is 8. The van der Waals surface area contributed by atoms with Crippen LogP contribution in [0.4, 0.5) is 0 Å². The summed E-state index contributed by atoms with van der Waals surface area (Å²) in [6, 6.07) is 64.0. The third kappa shape index (κ3) is 4.83. The van der Waals surface area contributed by atoms with E-state index >= 15 is 0 Å². The fourth-order valence-corrected chi connectivity index (χ4v) is 8.05. The zero-order valence-corrected chi connectivity index (χ0v) is 29.1. The van der Waals surface area contributed by atoms with E-state index in [-0.39, 0.29) is 0 Å². The van der Waals surface area contributed by atoms with Crippen molar-refractivity contribution >= 4 is 43.5 Å². The van der Waals surface area contributed by atoms with Gasteiger partial charge < -0.3 is 9.13 Å². The molecule has 0 fully saturated rings. The van der Waals surface area contributed by atoms with Crippen molar-refractivity contribution in [2.75, 3.05) is 0 Å². The Morgan fingerprint density at radius 1 is 0.352 bits per heavy atom. The van der Waals surface area contributed by atoms with Crippen LogP contribution in [0.3, 0.4) is 0 Å². The first kappa shape index (κ1) is 30.3. The summed E-state index contributed by atoms with van der Waals surface area (Å²) in [5.74, 6) is 1.90. The van der Waals surface area contributed by atoms with Crippen LogP contribution in [0, 0.1) is 0 Å². The molecule has 5 heteroatoms. The zero-order valence-electron chi connectivity index (χ0n) is 29.1. The van der Waals surface area contributed by atoms with Crippen molar-refractivity contribution < 1.29 is 0 Å². The number of fused-ring (bicyclic) bond motifs is 2. The van der Waals surface area contributed by atoms with E-state index in [0.29, 0.717) is 17.5 Å². The van der Waals surface area contributed by atoms with Crippen molar-refractivity contribution in [2.24, 2.45) is 0 Å². The average Bonchev–Trinajstić information content (AvgIpc) is 3.84. The maximum atomic E-state index is 5.16. The zero-order chi connectivity index (χ0) is 35.6. The lowest BCUT2D eigenvalue weighted by Gasteiger charge is -2.15. The van der Waals surface area contributed by atoms with E-state index in [2.05, 4.69) is 161 Å². The Hall–Kier alpha value is -7.37. The molecule has 0 saturated carbocycles. The number of aromatic nitrogens is 5. The van der Waals surface area contributed by atoms with Gasteiger partial charge in [0, 0.05) is 50.4 Å². The molecule has 5 nitrogen and oxygen atoms in total. The Morgan fingerprint density at radius 3 is 1.59 bits per heavy atom. The molecule has 0 atom stereocenters. The molecule has 11 aromatic rings. The average molecular weight is 690 g/mol. The van der Waals surface area contributed by atoms with Gasteiger partial charge in [-0.05, 0) is 70.4 Å². The number of para-hydroxylation sites is 1. The molecule has 0 amide bonds. The van der Waals surface area contributed by atoms with Crippen LogP contribution in [0.2, 0.25) is 0 Å². The van der Waals surface area contributed by atoms with Crippen LogP contribution < -0.4 is 0 Å². The molecule has 0 N–H and O–H groups in total. The highest BCUT2D eigenvalue weighted by atomic mass is 15.0. The van der Waals surface area contributed by atoms with Gasteiger partial charge in [-0.15, -0.1) is 0 Å². The first-order valence-corrected chi connectivity index (χ1v) is 18.2. The quantitative estimate of drug-likeness (QED) is 0.163. The lowest BCUT2D eigenvalue weighted by Crippen LogP contribution is -2.02. The third-order valence-corrected chi connectivity index (χ3v) is 10.5. The molecule has 0 aliphatic carbocycles. The fraction of sp³-hybridized carbons (Fsp3) is 0. The van der Waals surface area contributed by atoms with Gasteiger partial charge in [0.25, 0.3) is 0 Å². The second-order valence-electron chi connectivity index (χ2n) is 13.7. The van der Waals surface area contributed by atoms with E-state index in [1.54, 1.807) is 0 Å². The molecular formula is C49H31N5. The Kier molecular flexibility index (Phi) is 6.79. The molecule has 54 heavy (non-hydrogen) atoms. The minimum absolute atomic E-state index is 0.621. The Labute approximate surface area is 311 Å². The standard InChI is InChI=1S/C49H31N5/c1-5-14-32(15-6-1)37-28-38(49-51-47(34-16-7-2-8-17-34)50-48(52-49)35-18-9-3-10-19-35)30-40(29-37)54-42-23-13-20-33-24-25-36-31-43-41(46(54)45(36)44(33)42)26-27-53(43)39-21-11-4-12-22-39/h1-31H. The largest absolute Gasteiger partial charge is 0.316 e. The molecule has 0 unspecified atom stereocenters. The van der Waals surface area contributed by atoms with Gasteiger partial charge in [-0.3, -0.25) is 0 Å². The van der Waals surface area contributed by atoms with Crippen molar-refractivity contribution in [1.82, 2.24) is 24.1 Å². The van der Waals surface area contributed by atoms with Crippen LogP contribution >= 0.6 is 0 Å². The summed E-state index contributed by atoms with van der Waals surface area (Å²) in [6.45, 7) is 0. The first-order chi connectivity index (χ1) is 26.8. The molecule has 8 aromatic carbocycles. The van der Waals surface area contributed by atoms with Crippen molar-refractivity contribution in [1.29, 1.82) is 0 Å². The normalized spacial score (nSPS) is 11.7. The third-order valence-electron chi connectivity index (χ3n) is 10.5. The van der Waals surface area contributed by atoms with Gasteiger partial charge in [0.05, 0.1) is 16.6 Å². The van der Waals surface area contributed by atoms with Crippen LogP contribution in [0.1, 0.15) is 0 Å². The summed E-state index contributed by atoms with van der Waals surface area (Å²) >= 11 is 0. The topological polar surface area (TPSA) is 48.5 Å². The second kappa shape index (κ2) is 12.1. The summed E-state index contributed by atoms with van der Waals surface area (Å²) in [4.78, 5) is 15.3. The Balaban J connectivity index is 1.23. The van der Waals surface area contributed by atoms with Crippen molar-refractivity contribution in [3.63, 3.8) is 0 Å². The molecule has 252 valence electrons. The molecule has 0 aliphatic rings. The molecule has 0 saturated heterocycles.